The second-order valence-corrected chi connectivity index (χ2v) is 9.46. The molecule has 5 atom stereocenters. The van der Waals surface area contributed by atoms with E-state index in [2.05, 4.69) is 5.32 Å². The highest BCUT2D eigenvalue weighted by molar-refractivity contribution is 5.88. The number of carbonyl (C=O) groups excluding carboxylic acids is 2. The molecule has 7 heteroatoms. The van der Waals surface area contributed by atoms with Crippen molar-refractivity contribution < 1.29 is 28.5 Å². The van der Waals surface area contributed by atoms with Gasteiger partial charge < -0.3 is 24.3 Å². The van der Waals surface area contributed by atoms with Crippen molar-refractivity contribution in [3.05, 3.63) is 71.8 Å². The number of benzene rings is 2. The summed E-state index contributed by atoms with van der Waals surface area (Å²) in [6, 6.07) is 20.0. The highest BCUT2D eigenvalue weighted by atomic mass is 16.6. The first-order chi connectivity index (χ1) is 17.0. The van der Waals surface area contributed by atoms with Crippen LogP contribution in [0.2, 0.25) is 0 Å². The number of amides is 1. The van der Waals surface area contributed by atoms with Crippen LogP contribution in [0.3, 0.4) is 0 Å². The largest absolute Gasteiger partial charge is 0.467 e. The Kier molecular flexibility index (Phi) is 8.55. The van der Waals surface area contributed by atoms with E-state index in [9.17, 15) is 9.59 Å². The van der Waals surface area contributed by atoms with Gasteiger partial charge in [0, 0.05) is 6.92 Å². The lowest BCUT2D eigenvalue weighted by molar-refractivity contribution is -0.220. The average molecular weight is 482 g/mol. The van der Waals surface area contributed by atoms with Gasteiger partial charge in [-0.1, -0.05) is 67.1 Å². The van der Waals surface area contributed by atoms with Crippen molar-refractivity contribution in [2.75, 3.05) is 13.7 Å². The standard InChI is InChI=1S/C28H35NO6/c1-20(30)29-28(27(31)32-2)15-9-14-23-16-24(34-18-22-12-7-4-8-13-22)25(35-26(23)28)19-33-17-21-10-5-3-6-11-21/h3-8,10-13,23-26H,9,14-19H2,1-2H3,(H,29,30)/t23-,24+,25-,26-,28+/m1/s1. The molecular weight excluding hydrogens is 446 g/mol. The van der Waals surface area contributed by atoms with Crippen LogP contribution in [0.25, 0.3) is 0 Å². The number of nitrogens with one attached hydrogen (secondary N) is 1. The summed E-state index contributed by atoms with van der Waals surface area (Å²) < 4.78 is 24.2. The molecule has 2 aromatic carbocycles. The monoisotopic (exact) mass is 481 g/mol. The van der Waals surface area contributed by atoms with Crippen molar-refractivity contribution in [1.29, 1.82) is 0 Å². The summed E-state index contributed by atoms with van der Waals surface area (Å²) in [6.07, 6.45) is 1.79. The Hall–Kier alpha value is -2.74. The van der Waals surface area contributed by atoms with Crippen LogP contribution in [0, 0.1) is 5.92 Å². The van der Waals surface area contributed by atoms with E-state index in [0.29, 0.717) is 26.2 Å². The maximum atomic E-state index is 13.0. The zero-order valence-electron chi connectivity index (χ0n) is 20.5. The smallest absolute Gasteiger partial charge is 0.334 e. The number of methoxy groups -OCH3 is 1. The number of rotatable bonds is 9. The fourth-order valence-electron chi connectivity index (χ4n) is 5.40. The van der Waals surface area contributed by atoms with Crippen LogP contribution < -0.4 is 5.32 Å². The fraction of sp³-hybridized carbons (Fsp3) is 0.500. The van der Waals surface area contributed by atoms with E-state index in [-0.39, 0.29) is 24.0 Å². The molecule has 4 rings (SSSR count). The first-order valence-electron chi connectivity index (χ1n) is 12.3. The molecule has 1 aliphatic heterocycles. The molecule has 2 fully saturated rings. The number of esters is 1. The van der Waals surface area contributed by atoms with E-state index in [1.807, 2.05) is 60.7 Å². The van der Waals surface area contributed by atoms with Crippen LogP contribution in [-0.4, -0.2) is 49.4 Å². The zero-order valence-corrected chi connectivity index (χ0v) is 20.5. The van der Waals surface area contributed by atoms with E-state index >= 15 is 0 Å². The topological polar surface area (TPSA) is 83.1 Å². The molecule has 188 valence electrons. The van der Waals surface area contributed by atoms with E-state index in [1.165, 1.54) is 14.0 Å². The van der Waals surface area contributed by atoms with Crippen molar-refractivity contribution in [3.63, 3.8) is 0 Å². The van der Waals surface area contributed by atoms with Gasteiger partial charge in [-0.3, -0.25) is 4.79 Å². The van der Waals surface area contributed by atoms with Crippen LogP contribution in [0.1, 0.15) is 43.7 Å². The van der Waals surface area contributed by atoms with Gasteiger partial charge in [-0.2, -0.15) is 0 Å². The number of hydrogen-bond donors (Lipinski definition) is 1. The summed E-state index contributed by atoms with van der Waals surface area (Å²) in [5.41, 5.74) is 0.957. The van der Waals surface area contributed by atoms with E-state index < -0.39 is 17.6 Å². The summed E-state index contributed by atoms with van der Waals surface area (Å²) in [5, 5.41) is 2.90. The molecule has 1 aliphatic carbocycles. The molecule has 1 amide bonds. The average Bonchev–Trinajstić information content (AvgIpc) is 2.88. The molecule has 1 heterocycles. The molecule has 2 aromatic rings. The number of hydrogen-bond acceptors (Lipinski definition) is 6. The molecule has 0 bridgehead atoms. The Morgan fingerprint density at radius 1 is 1.03 bits per heavy atom. The maximum Gasteiger partial charge on any atom is 0.334 e. The molecule has 35 heavy (non-hydrogen) atoms. The number of fused-ring (bicyclic) bond motifs is 1. The van der Waals surface area contributed by atoms with Gasteiger partial charge in [0.25, 0.3) is 0 Å². The van der Waals surface area contributed by atoms with Gasteiger partial charge in [0.05, 0.1) is 39.1 Å². The lowest BCUT2D eigenvalue weighted by Gasteiger charge is -2.51. The second-order valence-electron chi connectivity index (χ2n) is 9.46. The summed E-state index contributed by atoms with van der Waals surface area (Å²) in [5.74, 6) is -0.685. The fourth-order valence-corrected chi connectivity index (χ4v) is 5.40. The van der Waals surface area contributed by atoms with Crippen LogP contribution in [0.5, 0.6) is 0 Å². The minimum absolute atomic E-state index is 0.0563. The predicted molar refractivity (Wildman–Crippen MR) is 130 cm³/mol. The third-order valence-corrected chi connectivity index (χ3v) is 6.98. The molecule has 2 aliphatic rings. The van der Waals surface area contributed by atoms with E-state index in [1.54, 1.807) is 0 Å². The summed E-state index contributed by atoms with van der Waals surface area (Å²) >= 11 is 0. The normalized spacial score (nSPS) is 28.1. The van der Waals surface area contributed by atoms with Gasteiger partial charge in [-0.05, 0) is 36.3 Å². The van der Waals surface area contributed by atoms with Crippen molar-refractivity contribution in [2.24, 2.45) is 5.92 Å². The Morgan fingerprint density at radius 2 is 1.69 bits per heavy atom. The molecule has 0 spiro atoms. The number of carbonyl (C=O) groups is 2. The Labute approximate surface area is 207 Å². The zero-order chi connectivity index (χ0) is 24.7. The van der Waals surface area contributed by atoms with Gasteiger partial charge in [0.2, 0.25) is 5.91 Å². The SMILES string of the molecule is COC(=O)[C@]1(NC(C)=O)CCC[C@@H]2C[C@H](OCc3ccccc3)[C@@H](COCc3ccccc3)O[C@H]21. The molecular formula is C28H35NO6. The third-order valence-electron chi connectivity index (χ3n) is 6.98. The van der Waals surface area contributed by atoms with E-state index in [4.69, 9.17) is 18.9 Å². The highest BCUT2D eigenvalue weighted by Crippen LogP contribution is 2.43. The summed E-state index contributed by atoms with van der Waals surface area (Å²) in [7, 11) is 1.35. The van der Waals surface area contributed by atoms with Gasteiger partial charge >= 0.3 is 5.97 Å². The van der Waals surface area contributed by atoms with Crippen molar-refractivity contribution in [1.82, 2.24) is 5.32 Å². The first-order valence-corrected chi connectivity index (χ1v) is 12.3. The van der Waals surface area contributed by atoms with Gasteiger partial charge in [0.15, 0.2) is 5.54 Å². The molecule has 0 radical (unpaired) electrons. The Morgan fingerprint density at radius 3 is 2.31 bits per heavy atom. The summed E-state index contributed by atoms with van der Waals surface area (Å²) in [4.78, 5) is 25.1. The Balaban J connectivity index is 1.53. The van der Waals surface area contributed by atoms with Gasteiger partial charge in [-0.15, -0.1) is 0 Å². The van der Waals surface area contributed by atoms with Crippen LogP contribution in [0.15, 0.2) is 60.7 Å². The molecule has 1 saturated carbocycles. The quantitative estimate of drug-likeness (QED) is 0.549. The van der Waals surface area contributed by atoms with Crippen LogP contribution in [-0.2, 0) is 41.8 Å². The molecule has 1 saturated heterocycles. The molecule has 1 N–H and O–H groups in total. The maximum absolute atomic E-state index is 13.0. The van der Waals surface area contributed by atoms with Gasteiger partial charge in [-0.25, -0.2) is 4.79 Å². The van der Waals surface area contributed by atoms with Gasteiger partial charge in [0.1, 0.15) is 6.10 Å². The van der Waals surface area contributed by atoms with Crippen LogP contribution in [0.4, 0.5) is 0 Å². The molecule has 0 unspecified atom stereocenters. The van der Waals surface area contributed by atoms with Crippen molar-refractivity contribution in [3.8, 4) is 0 Å². The lowest BCUT2D eigenvalue weighted by atomic mass is 9.69. The number of ether oxygens (including phenoxy) is 4. The van der Waals surface area contributed by atoms with E-state index in [0.717, 1.165) is 30.4 Å². The summed E-state index contributed by atoms with van der Waals surface area (Å²) in [6.45, 7) is 2.65. The second kappa shape index (κ2) is 11.8. The third kappa shape index (κ3) is 6.10. The minimum atomic E-state index is -1.20. The molecule has 7 nitrogen and oxygen atoms in total. The van der Waals surface area contributed by atoms with Crippen molar-refractivity contribution >= 4 is 11.9 Å². The van der Waals surface area contributed by atoms with Crippen molar-refractivity contribution in [2.45, 2.75) is 69.7 Å². The Bertz CT molecular complexity index is 968. The highest BCUT2D eigenvalue weighted by Gasteiger charge is 2.57. The lowest BCUT2D eigenvalue weighted by Crippen LogP contribution is -2.69. The first kappa shape index (κ1) is 25.4. The molecule has 0 aromatic heterocycles. The predicted octanol–water partition coefficient (Wildman–Crippen LogP) is 3.79. The van der Waals surface area contributed by atoms with Crippen LogP contribution >= 0.6 is 0 Å². The minimum Gasteiger partial charge on any atom is -0.467 e.